The molecule has 0 aliphatic carbocycles. The number of hydrogen-bond donors (Lipinski definition) is 1. The highest BCUT2D eigenvalue weighted by Crippen LogP contribution is 2.30. The van der Waals surface area contributed by atoms with Crippen LogP contribution in [-0.4, -0.2) is 8.42 Å². The van der Waals surface area contributed by atoms with Gasteiger partial charge in [-0.25, -0.2) is 13.1 Å². The summed E-state index contributed by atoms with van der Waals surface area (Å²) in [6.07, 6.45) is 1.39. The molecule has 0 aromatic heterocycles. The predicted molar refractivity (Wildman–Crippen MR) is 85.5 cm³/mol. The molecule has 4 heteroatoms. The van der Waals surface area contributed by atoms with Crippen molar-refractivity contribution in [2.24, 2.45) is 0 Å². The van der Waals surface area contributed by atoms with E-state index in [0.717, 1.165) is 5.56 Å². The van der Waals surface area contributed by atoms with Crippen LogP contribution < -0.4 is 4.72 Å². The van der Waals surface area contributed by atoms with Gasteiger partial charge in [-0.05, 0) is 30.5 Å². The number of benzene rings is 2. The van der Waals surface area contributed by atoms with Crippen molar-refractivity contribution in [1.82, 2.24) is 4.72 Å². The van der Waals surface area contributed by atoms with Gasteiger partial charge in [0.25, 0.3) is 0 Å². The fraction of sp³-hybridized carbons (Fsp3) is 0.294. The molecule has 0 aliphatic heterocycles. The van der Waals surface area contributed by atoms with Gasteiger partial charge in [-0.2, -0.15) is 0 Å². The lowest BCUT2D eigenvalue weighted by atomic mass is 9.86. The lowest BCUT2D eigenvalue weighted by Gasteiger charge is -2.33. The van der Waals surface area contributed by atoms with E-state index in [1.807, 2.05) is 50.2 Å². The Bertz CT molecular complexity index is 662. The minimum atomic E-state index is -3.54. The monoisotopic (exact) mass is 303 g/mol. The topological polar surface area (TPSA) is 46.2 Å². The quantitative estimate of drug-likeness (QED) is 0.885. The summed E-state index contributed by atoms with van der Waals surface area (Å²) in [5, 5.41) is 0. The minimum absolute atomic E-state index is 0.298. The summed E-state index contributed by atoms with van der Waals surface area (Å²) in [4.78, 5) is 0.298. The maximum atomic E-state index is 12.6. The molecule has 0 saturated heterocycles. The summed E-state index contributed by atoms with van der Waals surface area (Å²) in [6, 6.07) is 18.3. The third kappa shape index (κ3) is 3.34. The number of nitrogens with one attached hydrogen (secondary N) is 1. The average molecular weight is 303 g/mol. The van der Waals surface area contributed by atoms with E-state index in [-0.39, 0.29) is 0 Å². The van der Waals surface area contributed by atoms with Crippen LogP contribution in [0.2, 0.25) is 0 Å². The molecule has 0 aliphatic rings. The van der Waals surface area contributed by atoms with Crippen LogP contribution in [-0.2, 0) is 15.6 Å². The smallest absolute Gasteiger partial charge is 0.207 e. The van der Waals surface area contributed by atoms with E-state index in [2.05, 4.69) is 4.72 Å². The van der Waals surface area contributed by atoms with Crippen LogP contribution in [0, 0.1) is 0 Å². The van der Waals surface area contributed by atoms with E-state index in [4.69, 9.17) is 0 Å². The van der Waals surface area contributed by atoms with Crippen molar-refractivity contribution in [3.05, 3.63) is 66.2 Å². The van der Waals surface area contributed by atoms with Gasteiger partial charge in [-0.3, -0.25) is 0 Å². The van der Waals surface area contributed by atoms with Gasteiger partial charge in [-0.15, -0.1) is 0 Å². The second-order valence-electron chi connectivity index (χ2n) is 5.07. The van der Waals surface area contributed by atoms with E-state index in [0.29, 0.717) is 17.7 Å². The first-order valence-corrected chi connectivity index (χ1v) is 8.67. The van der Waals surface area contributed by atoms with Crippen LogP contribution in [0.4, 0.5) is 0 Å². The fourth-order valence-electron chi connectivity index (χ4n) is 2.53. The Morgan fingerprint density at radius 3 is 1.81 bits per heavy atom. The second-order valence-corrected chi connectivity index (χ2v) is 6.76. The first-order chi connectivity index (χ1) is 10.0. The van der Waals surface area contributed by atoms with E-state index < -0.39 is 15.6 Å². The molecule has 0 unspecified atom stereocenters. The molecule has 0 fully saturated rings. The summed E-state index contributed by atoms with van der Waals surface area (Å²) in [7, 11) is -3.54. The van der Waals surface area contributed by atoms with Crippen LogP contribution in [0.25, 0.3) is 0 Å². The summed E-state index contributed by atoms with van der Waals surface area (Å²) >= 11 is 0. The molecule has 0 spiro atoms. The Labute approximate surface area is 127 Å². The zero-order chi connectivity index (χ0) is 15.3. The molecule has 112 valence electrons. The lowest BCUT2D eigenvalue weighted by molar-refractivity contribution is 0.365. The molecule has 3 nitrogen and oxygen atoms in total. The molecule has 2 rings (SSSR count). The summed E-state index contributed by atoms with van der Waals surface area (Å²) in [6.45, 7) is 4.01. The predicted octanol–water partition coefficient (Wildman–Crippen LogP) is 3.68. The Kier molecular flexibility index (Phi) is 4.80. The molecule has 2 aromatic rings. The van der Waals surface area contributed by atoms with Crippen LogP contribution in [0.15, 0.2) is 65.6 Å². The van der Waals surface area contributed by atoms with Crippen molar-refractivity contribution >= 4 is 10.0 Å². The Balaban J connectivity index is 2.42. The molecule has 1 N–H and O–H groups in total. The maximum absolute atomic E-state index is 12.6. The van der Waals surface area contributed by atoms with Gasteiger partial charge in [-0.1, -0.05) is 62.4 Å². The van der Waals surface area contributed by atoms with Gasteiger partial charge in [0, 0.05) is 0 Å². The van der Waals surface area contributed by atoms with E-state index in [1.54, 1.807) is 24.3 Å². The van der Waals surface area contributed by atoms with Crippen LogP contribution in [0.1, 0.15) is 32.3 Å². The SMILES string of the molecule is CCC(CC)(NS(=O)(=O)c1ccccc1)c1ccccc1. The summed E-state index contributed by atoms with van der Waals surface area (Å²) in [5.41, 5.74) is 0.421. The first kappa shape index (κ1) is 15.7. The standard InChI is InChI=1S/C17H21NO2S/c1-3-17(4-2,15-11-7-5-8-12-15)18-21(19,20)16-13-9-6-10-14-16/h5-14,18H,3-4H2,1-2H3. The fourth-order valence-corrected chi connectivity index (χ4v) is 4.09. The van der Waals surface area contributed by atoms with Crippen molar-refractivity contribution in [2.45, 2.75) is 37.1 Å². The van der Waals surface area contributed by atoms with E-state index in [1.165, 1.54) is 0 Å². The van der Waals surface area contributed by atoms with Gasteiger partial charge in [0.15, 0.2) is 0 Å². The van der Waals surface area contributed by atoms with Crippen molar-refractivity contribution in [1.29, 1.82) is 0 Å². The zero-order valence-electron chi connectivity index (χ0n) is 12.4. The van der Waals surface area contributed by atoms with Crippen LogP contribution >= 0.6 is 0 Å². The zero-order valence-corrected chi connectivity index (χ0v) is 13.2. The van der Waals surface area contributed by atoms with Crippen LogP contribution in [0.3, 0.4) is 0 Å². The van der Waals surface area contributed by atoms with Crippen molar-refractivity contribution in [2.75, 3.05) is 0 Å². The normalized spacial score (nSPS) is 12.3. The highest BCUT2D eigenvalue weighted by molar-refractivity contribution is 7.89. The molecule has 0 atom stereocenters. The maximum Gasteiger partial charge on any atom is 0.241 e. The molecular weight excluding hydrogens is 282 g/mol. The van der Waals surface area contributed by atoms with Crippen molar-refractivity contribution in [3.8, 4) is 0 Å². The largest absolute Gasteiger partial charge is 0.241 e. The number of sulfonamides is 1. The highest BCUT2D eigenvalue weighted by atomic mass is 32.2. The molecule has 0 bridgehead atoms. The third-order valence-electron chi connectivity index (χ3n) is 3.92. The highest BCUT2D eigenvalue weighted by Gasteiger charge is 2.33. The lowest BCUT2D eigenvalue weighted by Crippen LogP contribution is -2.44. The van der Waals surface area contributed by atoms with Gasteiger partial charge in [0.2, 0.25) is 10.0 Å². The molecule has 0 heterocycles. The molecule has 2 aromatic carbocycles. The summed E-state index contributed by atoms with van der Waals surface area (Å²) < 4.78 is 28.2. The van der Waals surface area contributed by atoms with Gasteiger partial charge < -0.3 is 0 Å². The summed E-state index contributed by atoms with van der Waals surface area (Å²) in [5.74, 6) is 0. The molecule has 0 radical (unpaired) electrons. The average Bonchev–Trinajstić information content (AvgIpc) is 2.54. The van der Waals surface area contributed by atoms with E-state index >= 15 is 0 Å². The van der Waals surface area contributed by atoms with Gasteiger partial charge >= 0.3 is 0 Å². The number of hydrogen-bond acceptors (Lipinski definition) is 2. The van der Waals surface area contributed by atoms with E-state index in [9.17, 15) is 8.42 Å². The van der Waals surface area contributed by atoms with Gasteiger partial charge in [0.1, 0.15) is 0 Å². The Morgan fingerprint density at radius 1 is 0.857 bits per heavy atom. The second kappa shape index (κ2) is 6.41. The van der Waals surface area contributed by atoms with Crippen LogP contribution in [0.5, 0.6) is 0 Å². The Hall–Kier alpha value is -1.65. The number of rotatable bonds is 6. The molecule has 0 saturated carbocycles. The third-order valence-corrected chi connectivity index (χ3v) is 5.47. The minimum Gasteiger partial charge on any atom is -0.207 e. The Morgan fingerprint density at radius 2 is 1.33 bits per heavy atom. The first-order valence-electron chi connectivity index (χ1n) is 7.18. The van der Waals surface area contributed by atoms with Gasteiger partial charge in [0.05, 0.1) is 10.4 Å². The van der Waals surface area contributed by atoms with Crippen molar-refractivity contribution in [3.63, 3.8) is 0 Å². The van der Waals surface area contributed by atoms with Crippen molar-refractivity contribution < 1.29 is 8.42 Å². The molecule has 0 amide bonds. The molecule has 21 heavy (non-hydrogen) atoms. The molecular formula is C17H21NO2S.